The van der Waals surface area contributed by atoms with Crippen LogP contribution < -0.4 is 4.57 Å². The van der Waals surface area contributed by atoms with Gasteiger partial charge in [-0.3, -0.25) is 0 Å². The molecule has 3 heteroatoms. The van der Waals surface area contributed by atoms with Crippen LogP contribution in [0.25, 0.3) is 6.20 Å². The molecule has 3 rings (SSSR count). The summed E-state index contributed by atoms with van der Waals surface area (Å²) in [6.07, 6.45) is 8.39. The Morgan fingerprint density at radius 2 is 1.68 bits per heavy atom. The van der Waals surface area contributed by atoms with Crippen LogP contribution >= 0.6 is 11.8 Å². The molecule has 0 atom stereocenters. The quantitative estimate of drug-likeness (QED) is 0.632. The van der Waals surface area contributed by atoms with Crippen molar-refractivity contribution >= 4 is 18.0 Å². The van der Waals surface area contributed by atoms with Gasteiger partial charge in [-0.1, -0.05) is 48.5 Å². The topological polar surface area (TPSA) is 8.81 Å². The van der Waals surface area contributed by atoms with E-state index in [0.29, 0.717) is 0 Å². The van der Waals surface area contributed by atoms with Gasteiger partial charge in [0.2, 0.25) is 0 Å². The SMILES string of the molecule is C/C=C/n1cc[n+](Cc2ccccc2)c1Sc1ccccc1. The van der Waals surface area contributed by atoms with Crippen LogP contribution in [-0.2, 0) is 6.54 Å². The first-order chi connectivity index (χ1) is 10.9. The lowest BCUT2D eigenvalue weighted by atomic mass is 10.2. The highest BCUT2D eigenvalue weighted by molar-refractivity contribution is 7.99. The minimum atomic E-state index is 0.876. The van der Waals surface area contributed by atoms with E-state index in [1.54, 1.807) is 11.8 Å². The summed E-state index contributed by atoms with van der Waals surface area (Å²) in [5.74, 6) is 0. The highest BCUT2D eigenvalue weighted by atomic mass is 32.2. The molecule has 0 amide bonds. The molecule has 0 saturated carbocycles. The maximum absolute atomic E-state index is 2.28. The number of allylic oxidation sites excluding steroid dienone is 1. The summed E-state index contributed by atoms with van der Waals surface area (Å²) in [6.45, 7) is 2.92. The van der Waals surface area contributed by atoms with Gasteiger partial charge < -0.3 is 0 Å². The molecule has 0 aliphatic rings. The molecule has 0 fully saturated rings. The first kappa shape index (κ1) is 14.7. The molecule has 2 aromatic carbocycles. The Kier molecular flexibility index (Phi) is 4.76. The van der Waals surface area contributed by atoms with Gasteiger partial charge in [0.1, 0.15) is 18.9 Å². The number of nitrogens with zero attached hydrogens (tertiary/aromatic N) is 2. The molecule has 0 aliphatic heterocycles. The van der Waals surface area contributed by atoms with Gasteiger partial charge in [-0.05, 0) is 42.5 Å². The monoisotopic (exact) mass is 307 g/mol. The highest BCUT2D eigenvalue weighted by Gasteiger charge is 2.17. The van der Waals surface area contributed by atoms with Gasteiger partial charge in [0.25, 0.3) is 0 Å². The Bertz CT molecular complexity index is 746. The van der Waals surface area contributed by atoms with Crippen LogP contribution in [0.2, 0.25) is 0 Å². The number of hydrogen-bond acceptors (Lipinski definition) is 1. The van der Waals surface area contributed by atoms with Crippen molar-refractivity contribution in [2.45, 2.75) is 23.5 Å². The second-order valence-corrected chi connectivity index (χ2v) is 6.04. The predicted molar refractivity (Wildman–Crippen MR) is 91.7 cm³/mol. The Labute approximate surface area is 135 Å². The van der Waals surface area contributed by atoms with Crippen molar-refractivity contribution < 1.29 is 4.57 Å². The lowest BCUT2D eigenvalue weighted by Crippen LogP contribution is -2.34. The summed E-state index contributed by atoms with van der Waals surface area (Å²) in [7, 11) is 0. The summed E-state index contributed by atoms with van der Waals surface area (Å²) in [4.78, 5) is 1.24. The fourth-order valence-electron chi connectivity index (χ4n) is 2.31. The van der Waals surface area contributed by atoms with Crippen molar-refractivity contribution in [2.75, 3.05) is 0 Å². The molecule has 2 nitrogen and oxygen atoms in total. The Hall–Kier alpha value is -2.26. The molecule has 0 spiro atoms. The Balaban J connectivity index is 1.93. The van der Waals surface area contributed by atoms with Crippen molar-refractivity contribution in [3.8, 4) is 0 Å². The van der Waals surface area contributed by atoms with Crippen molar-refractivity contribution in [2.24, 2.45) is 0 Å². The molecule has 110 valence electrons. The zero-order valence-corrected chi connectivity index (χ0v) is 13.4. The molecule has 0 bridgehead atoms. The van der Waals surface area contributed by atoms with Crippen LogP contribution in [0, 0.1) is 0 Å². The van der Waals surface area contributed by atoms with E-state index in [0.717, 1.165) is 6.54 Å². The minimum Gasteiger partial charge on any atom is -0.220 e. The summed E-state index contributed by atoms with van der Waals surface area (Å²) >= 11 is 1.78. The first-order valence-electron chi connectivity index (χ1n) is 7.37. The number of benzene rings is 2. The summed E-state index contributed by atoms with van der Waals surface area (Å²) in [5, 5.41) is 1.20. The Morgan fingerprint density at radius 1 is 1.00 bits per heavy atom. The molecule has 1 aromatic heterocycles. The van der Waals surface area contributed by atoms with Gasteiger partial charge >= 0.3 is 5.16 Å². The van der Waals surface area contributed by atoms with Crippen LogP contribution in [0.3, 0.4) is 0 Å². The maximum Gasteiger partial charge on any atom is 0.327 e. The average molecular weight is 307 g/mol. The third kappa shape index (κ3) is 3.49. The molecule has 0 radical (unpaired) electrons. The molecule has 22 heavy (non-hydrogen) atoms. The van der Waals surface area contributed by atoms with E-state index in [1.807, 2.05) is 13.0 Å². The van der Waals surface area contributed by atoms with E-state index in [9.17, 15) is 0 Å². The zero-order valence-electron chi connectivity index (χ0n) is 12.6. The van der Waals surface area contributed by atoms with Gasteiger partial charge in [-0.25, -0.2) is 4.57 Å². The molecule has 0 N–H and O–H groups in total. The van der Waals surface area contributed by atoms with Gasteiger partial charge in [0.05, 0.1) is 6.20 Å². The van der Waals surface area contributed by atoms with Gasteiger partial charge in [-0.2, -0.15) is 4.57 Å². The van der Waals surface area contributed by atoms with E-state index >= 15 is 0 Å². The van der Waals surface area contributed by atoms with E-state index in [1.165, 1.54) is 15.6 Å². The lowest BCUT2D eigenvalue weighted by Gasteiger charge is -2.03. The van der Waals surface area contributed by atoms with E-state index in [2.05, 4.69) is 88.4 Å². The molecule has 0 unspecified atom stereocenters. The van der Waals surface area contributed by atoms with E-state index < -0.39 is 0 Å². The van der Waals surface area contributed by atoms with Crippen LogP contribution in [0.4, 0.5) is 0 Å². The average Bonchev–Trinajstić information content (AvgIpc) is 2.92. The van der Waals surface area contributed by atoms with Crippen LogP contribution in [0.5, 0.6) is 0 Å². The fourth-order valence-corrected chi connectivity index (χ4v) is 3.28. The van der Waals surface area contributed by atoms with Crippen LogP contribution in [0.15, 0.2) is 89.2 Å². The maximum atomic E-state index is 2.28. The van der Waals surface area contributed by atoms with Crippen LogP contribution in [-0.4, -0.2) is 4.57 Å². The Morgan fingerprint density at radius 3 is 2.36 bits per heavy atom. The van der Waals surface area contributed by atoms with Crippen molar-refractivity contribution in [1.82, 2.24) is 4.57 Å². The smallest absolute Gasteiger partial charge is 0.220 e. The van der Waals surface area contributed by atoms with E-state index in [-0.39, 0.29) is 0 Å². The second kappa shape index (κ2) is 7.14. The molecule has 1 heterocycles. The third-order valence-electron chi connectivity index (χ3n) is 3.33. The van der Waals surface area contributed by atoms with Crippen molar-refractivity contribution in [3.05, 3.63) is 84.7 Å². The largest absolute Gasteiger partial charge is 0.327 e. The summed E-state index contributed by atoms with van der Waals surface area (Å²) in [5.41, 5.74) is 1.31. The summed E-state index contributed by atoms with van der Waals surface area (Å²) in [6, 6.07) is 21.0. The molecular formula is C19H19N2S+. The molecular weight excluding hydrogens is 288 g/mol. The van der Waals surface area contributed by atoms with E-state index in [4.69, 9.17) is 0 Å². The van der Waals surface area contributed by atoms with Gasteiger partial charge in [0, 0.05) is 4.90 Å². The van der Waals surface area contributed by atoms with Crippen LogP contribution in [0.1, 0.15) is 12.5 Å². The zero-order chi connectivity index (χ0) is 15.2. The standard InChI is InChI=1S/C19H19N2S/c1-2-13-20-14-15-21(16-17-9-5-3-6-10-17)19(20)22-18-11-7-4-8-12-18/h2-15H,16H2,1H3/q+1/b13-2+. The third-order valence-corrected chi connectivity index (χ3v) is 4.47. The number of aromatic nitrogens is 2. The fraction of sp³-hybridized carbons (Fsp3) is 0.105. The first-order valence-corrected chi connectivity index (χ1v) is 8.18. The molecule has 0 aliphatic carbocycles. The number of hydrogen-bond donors (Lipinski definition) is 0. The summed E-state index contributed by atoms with van der Waals surface area (Å²) < 4.78 is 4.45. The predicted octanol–water partition coefficient (Wildman–Crippen LogP) is 4.47. The normalized spacial score (nSPS) is 11.1. The van der Waals surface area contributed by atoms with Gasteiger partial charge in [0.15, 0.2) is 0 Å². The second-order valence-electron chi connectivity index (χ2n) is 5.00. The van der Waals surface area contributed by atoms with Crippen molar-refractivity contribution in [1.29, 1.82) is 0 Å². The lowest BCUT2D eigenvalue weighted by molar-refractivity contribution is -0.724. The minimum absolute atomic E-state index is 0.876. The van der Waals surface area contributed by atoms with Gasteiger partial charge in [-0.15, -0.1) is 0 Å². The number of rotatable bonds is 5. The molecule has 0 saturated heterocycles. The molecule has 3 aromatic rings. The highest BCUT2D eigenvalue weighted by Crippen LogP contribution is 2.25. The van der Waals surface area contributed by atoms with Crippen molar-refractivity contribution in [3.63, 3.8) is 0 Å². The number of imidazole rings is 1.